The standard InChI is InChI=1S/C15H24/c1-9-7-14-8-10(2)12(4)15(14,6)13(5)11(9)3/h7,10,12,14H,8H2,1-6H3. The molecule has 1 saturated carbocycles. The molecule has 2 aliphatic rings. The summed E-state index contributed by atoms with van der Waals surface area (Å²) >= 11 is 0. The minimum absolute atomic E-state index is 0.434. The summed E-state index contributed by atoms with van der Waals surface area (Å²) in [5, 5.41) is 0. The number of hydrogen-bond donors (Lipinski definition) is 0. The molecule has 0 heterocycles. The fraction of sp³-hybridized carbons (Fsp3) is 0.733. The molecule has 0 aliphatic heterocycles. The molecular weight excluding hydrogens is 180 g/mol. The van der Waals surface area contributed by atoms with Crippen LogP contribution in [0.15, 0.2) is 22.8 Å². The molecule has 0 heteroatoms. The van der Waals surface area contributed by atoms with Gasteiger partial charge in [-0.1, -0.05) is 38.0 Å². The molecule has 1 fully saturated rings. The quantitative estimate of drug-likeness (QED) is 0.542. The Labute approximate surface area is 94.5 Å². The first-order chi connectivity index (χ1) is 6.89. The van der Waals surface area contributed by atoms with Gasteiger partial charge in [0, 0.05) is 0 Å². The van der Waals surface area contributed by atoms with E-state index >= 15 is 0 Å². The van der Waals surface area contributed by atoms with Crippen LogP contribution in [0.4, 0.5) is 0 Å². The molecule has 0 bridgehead atoms. The summed E-state index contributed by atoms with van der Waals surface area (Å²) in [5.41, 5.74) is 5.12. The molecule has 15 heavy (non-hydrogen) atoms. The molecule has 0 nitrogen and oxygen atoms in total. The highest BCUT2D eigenvalue weighted by Gasteiger charge is 2.49. The van der Waals surface area contributed by atoms with Crippen LogP contribution >= 0.6 is 0 Å². The molecule has 0 aromatic carbocycles. The van der Waals surface area contributed by atoms with Crippen molar-refractivity contribution in [3.63, 3.8) is 0 Å². The van der Waals surface area contributed by atoms with E-state index in [1.807, 2.05) is 0 Å². The minimum Gasteiger partial charge on any atom is -0.0773 e. The van der Waals surface area contributed by atoms with Crippen molar-refractivity contribution in [3.8, 4) is 0 Å². The van der Waals surface area contributed by atoms with Gasteiger partial charge in [-0.05, 0) is 55.9 Å². The summed E-state index contributed by atoms with van der Waals surface area (Å²) in [6.07, 6.45) is 3.90. The van der Waals surface area contributed by atoms with E-state index in [-0.39, 0.29) is 0 Å². The monoisotopic (exact) mass is 204 g/mol. The second kappa shape index (κ2) is 3.23. The van der Waals surface area contributed by atoms with Gasteiger partial charge in [-0.15, -0.1) is 0 Å². The van der Waals surface area contributed by atoms with Crippen molar-refractivity contribution in [1.82, 2.24) is 0 Å². The van der Waals surface area contributed by atoms with Crippen molar-refractivity contribution in [2.45, 2.75) is 48.0 Å². The molecule has 4 atom stereocenters. The maximum absolute atomic E-state index is 2.53. The Morgan fingerprint density at radius 2 is 1.80 bits per heavy atom. The Hall–Kier alpha value is -0.520. The number of allylic oxidation sites excluding steroid dienone is 4. The van der Waals surface area contributed by atoms with E-state index in [4.69, 9.17) is 0 Å². The van der Waals surface area contributed by atoms with E-state index in [9.17, 15) is 0 Å². The van der Waals surface area contributed by atoms with Gasteiger partial charge in [0.1, 0.15) is 0 Å². The average molecular weight is 204 g/mol. The Kier molecular flexibility index (Phi) is 2.37. The third-order valence-corrected chi connectivity index (χ3v) is 5.61. The first-order valence-corrected chi connectivity index (χ1v) is 6.25. The molecule has 0 radical (unpaired) electrons. The first-order valence-electron chi connectivity index (χ1n) is 6.25. The lowest BCUT2D eigenvalue weighted by atomic mass is 9.64. The van der Waals surface area contributed by atoms with Gasteiger partial charge >= 0.3 is 0 Å². The SMILES string of the molecule is CC1=CC2CC(C)C(C)C2(C)C(C)=C1C. The van der Waals surface area contributed by atoms with Crippen molar-refractivity contribution >= 4 is 0 Å². The van der Waals surface area contributed by atoms with E-state index in [0.717, 1.165) is 17.8 Å². The highest BCUT2D eigenvalue weighted by Crippen LogP contribution is 2.58. The first kappa shape index (κ1) is 11.0. The largest absolute Gasteiger partial charge is 0.0773 e. The van der Waals surface area contributed by atoms with Crippen LogP contribution in [0.2, 0.25) is 0 Å². The van der Waals surface area contributed by atoms with Gasteiger partial charge in [-0.3, -0.25) is 0 Å². The Bertz CT molecular complexity index is 345. The number of fused-ring (bicyclic) bond motifs is 1. The molecule has 0 spiro atoms. The zero-order valence-electron chi connectivity index (χ0n) is 11.0. The highest BCUT2D eigenvalue weighted by molar-refractivity contribution is 5.41. The van der Waals surface area contributed by atoms with E-state index in [0.29, 0.717) is 5.41 Å². The number of rotatable bonds is 0. The smallest absolute Gasteiger partial charge is 0.00222 e. The molecule has 0 saturated heterocycles. The molecule has 84 valence electrons. The van der Waals surface area contributed by atoms with Gasteiger partial charge < -0.3 is 0 Å². The van der Waals surface area contributed by atoms with E-state index in [2.05, 4.69) is 47.6 Å². The Balaban J connectivity index is 2.52. The van der Waals surface area contributed by atoms with Gasteiger partial charge in [0.25, 0.3) is 0 Å². The lowest BCUT2D eigenvalue weighted by Gasteiger charge is -2.40. The summed E-state index contributed by atoms with van der Waals surface area (Å²) in [6, 6.07) is 0. The van der Waals surface area contributed by atoms with Gasteiger partial charge in [-0.25, -0.2) is 0 Å². The van der Waals surface area contributed by atoms with Crippen molar-refractivity contribution in [3.05, 3.63) is 22.8 Å². The Morgan fingerprint density at radius 3 is 2.40 bits per heavy atom. The zero-order valence-corrected chi connectivity index (χ0v) is 11.0. The van der Waals surface area contributed by atoms with E-state index in [1.165, 1.54) is 17.6 Å². The predicted octanol–water partition coefficient (Wildman–Crippen LogP) is 4.58. The fourth-order valence-corrected chi connectivity index (χ4v) is 3.77. The molecule has 2 aliphatic carbocycles. The van der Waals surface area contributed by atoms with Crippen molar-refractivity contribution in [1.29, 1.82) is 0 Å². The molecule has 4 unspecified atom stereocenters. The van der Waals surface area contributed by atoms with Crippen molar-refractivity contribution in [2.24, 2.45) is 23.2 Å². The van der Waals surface area contributed by atoms with Gasteiger partial charge in [0.2, 0.25) is 0 Å². The summed E-state index contributed by atoms with van der Waals surface area (Å²) < 4.78 is 0. The highest BCUT2D eigenvalue weighted by atomic mass is 14.5. The minimum atomic E-state index is 0.434. The topological polar surface area (TPSA) is 0 Å². The molecule has 0 amide bonds. The van der Waals surface area contributed by atoms with Crippen LogP contribution in [0.25, 0.3) is 0 Å². The fourth-order valence-electron chi connectivity index (χ4n) is 3.77. The van der Waals surface area contributed by atoms with Crippen LogP contribution in [0.3, 0.4) is 0 Å². The van der Waals surface area contributed by atoms with E-state index < -0.39 is 0 Å². The predicted molar refractivity (Wildman–Crippen MR) is 66.7 cm³/mol. The maximum Gasteiger partial charge on any atom is -0.00222 e. The zero-order chi connectivity index (χ0) is 11.4. The van der Waals surface area contributed by atoms with Crippen LogP contribution in [0.5, 0.6) is 0 Å². The Morgan fingerprint density at radius 1 is 1.20 bits per heavy atom. The lowest BCUT2D eigenvalue weighted by molar-refractivity contribution is 0.232. The molecule has 0 N–H and O–H groups in total. The van der Waals surface area contributed by atoms with Crippen LogP contribution in [-0.4, -0.2) is 0 Å². The van der Waals surface area contributed by atoms with Gasteiger partial charge in [0.15, 0.2) is 0 Å². The molecule has 2 rings (SSSR count). The molecular formula is C15H24. The number of hydrogen-bond acceptors (Lipinski definition) is 0. The summed E-state index contributed by atoms with van der Waals surface area (Å²) in [6.45, 7) is 14.3. The van der Waals surface area contributed by atoms with Crippen molar-refractivity contribution < 1.29 is 0 Å². The normalized spacial score (nSPS) is 45.5. The van der Waals surface area contributed by atoms with Gasteiger partial charge in [-0.2, -0.15) is 0 Å². The van der Waals surface area contributed by atoms with Crippen LogP contribution in [0.1, 0.15) is 48.0 Å². The third kappa shape index (κ3) is 1.26. The second-order valence-corrected chi connectivity index (χ2v) is 5.99. The maximum atomic E-state index is 2.53. The molecule has 0 aromatic rings. The van der Waals surface area contributed by atoms with Crippen molar-refractivity contribution in [2.75, 3.05) is 0 Å². The summed E-state index contributed by atoms with van der Waals surface area (Å²) in [5.74, 6) is 2.47. The second-order valence-electron chi connectivity index (χ2n) is 5.99. The third-order valence-electron chi connectivity index (χ3n) is 5.61. The average Bonchev–Trinajstić information content (AvgIpc) is 2.41. The summed E-state index contributed by atoms with van der Waals surface area (Å²) in [4.78, 5) is 0. The van der Waals surface area contributed by atoms with Crippen LogP contribution < -0.4 is 0 Å². The molecule has 0 aromatic heterocycles. The van der Waals surface area contributed by atoms with Crippen LogP contribution in [0, 0.1) is 23.2 Å². The van der Waals surface area contributed by atoms with E-state index in [1.54, 1.807) is 5.57 Å². The summed E-state index contributed by atoms with van der Waals surface area (Å²) in [7, 11) is 0. The lowest BCUT2D eigenvalue weighted by Crippen LogP contribution is -2.32. The van der Waals surface area contributed by atoms with Gasteiger partial charge in [0.05, 0.1) is 0 Å². The van der Waals surface area contributed by atoms with Crippen LogP contribution in [-0.2, 0) is 0 Å².